The normalized spacial score (nSPS) is 0. The Balaban J connectivity index is 0. The number of rotatable bonds is 0. The molecule has 0 saturated heterocycles. The van der Waals surface area contributed by atoms with E-state index >= 15 is 0 Å². The Morgan fingerprint density at radius 1 is 0.333 bits per heavy atom. The van der Waals surface area contributed by atoms with Gasteiger partial charge in [-0.05, 0) is 0 Å². The molecule has 0 aromatic rings. The molecule has 16 N–H and O–H groups in total. The van der Waals surface area contributed by atoms with Gasteiger partial charge in [-0.2, -0.15) is 0 Å². The first-order chi connectivity index (χ1) is 0. The van der Waals surface area contributed by atoms with Crippen LogP contribution in [0.15, 0.2) is 0 Å². The fraction of sp³-hybridized carbons (Fsp3) is 0. The van der Waals surface area contributed by atoms with E-state index in [0.29, 0.717) is 0 Å². The zero-order valence-electron chi connectivity index (χ0n) is 4.61. The van der Waals surface area contributed by atoms with E-state index in [9.17, 15) is 0 Å². The van der Waals surface area contributed by atoms with Gasteiger partial charge in [-0.3, -0.25) is 0 Å². The molecule has 0 aliphatic heterocycles. The topological polar surface area (TPSA) is 260 Å². The van der Waals surface area contributed by atoms with Gasteiger partial charge in [0, 0.05) is 17.1 Å². The van der Waals surface area contributed by atoms with Gasteiger partial charge in [0.05, 0.1) is 0 Å². The molecule has 0 aromatic heterocycles. The second kappa shape index (κ2) is 10700. The summed E-state index contributed by atoms with van der Waals surface area (Å²) in [6, 6.07) is 0. The summed E-state index contributed by atoms with van der Waals surface area (Å²) in [5.74, 6) is 0. The predicted octanol–water partition coefficient (Wildman–Crippen LogP) is -0.433. The van der Waals surface area contributed by atoms with Crippen molar-refractivity contribution < 1.29 is 39.0 Å². The molecule has 0 aliphatic rings. The quantitative estimate of drug-likeness (QED) is 0.449. The van der Waals surface area contributed by atoms with Crippen molar-refractivity contribution in [2.45, 2.75) is 0 Å². The monoisotopic (exact) mass is 199 g/mol. The summed E-state index contributed by atoms with van der Waals surface area (Å²) in [6.45, 7) is 0. The van der Waals surface area contributed by atoms with Gasteiger partial charge in [0.15, 0.2) is 0 Å². The van der Waals surface area contributed by atoms with Gasteiger partial charge in [0.2, 0.25) is 0 Å². The zero-order chi connectivity index (χ0) is 0. The van der Waals surface area contributed by atoms with Crippen molar-refractivity contribution in [2.75, 3.05) is 0 Å². The minimum Gasteiger partial charge on any atom is -0.693 e. The number of hydrogen-bond donors (Lipinski definition) is 0. The van der Waals surface area contributed by atoms with E-state index in [-0.39, 0.29) is 63.6 Å². The Labute approximate surface area is 64.4 Å². The Hall–Kier alpha value is 0.199. The van der Waals surface area contributed by atoms with Crippen molar-refractivity contribution >= 4 is 0 Å². The maximum atomic E-state index is 0. The maximum absolute atomic E-state index is 0. The van der Waals surface area contributed by atoms with Crippen molar-refractivity contribution in [1.29, 1.82) is 0 Å². The van der Waals surface area contributed by atoms with Crippen molar-refractivity contribution in [1.82, 2.24) is 0 Å². The molecule has 0 heterocycles. The molecule has 9 heteroatoms. The Morgan fingerprint density at radius 2 is 0.333 bits per heavy atom. The van der Waals surface area contributed by atoms with Gasteiger partial charge >= 0.3 is 0 Å². The first kappa shape index (κ1) is 15500. The van der Waals surface area contributed by atoms with Crippen LogP contribution < -0.4 is 0 Å². The molecule has 0 aliphatic carbocycles. The molecule has 0 fully saturated rings. The summed E-state index contributed by atoms with van der Waals surface area (Å²) < 4.78 is 0. The van der Waals surface area contributed by atoms with E-state index in [4.69, 9.17) is 0 Å². The summed E-state index contributed by atoms with van der Waals surface area (Å²) in [4.78, 5) is 0. The van der Waals surface area contributed by atoms with Gasteiger partial charge in [0.1, 0.15) is 0 Å². The molecule has 0 spiro atoms. The first-order valence-electron chi connectivity index (χ1n) is 0. The Kier molecular flexibility index (Phi) is 18400000. The maximum Gasteiger partial charge on any atom is 0 e. The van der Waals surface area contributed by atoms with Gasteiger partial charge < -0.3 is 46.5 Å². The molecular formula is H16CuN4O4-4. The molecule has 0 amide bonds. The van der Waals surface area contributed by atoms with Crippen LogP contribution in [0.4, 0.5) is 0 Å². The molecule has 1 radical (unpaired) electrons. The third kappa shape index (κ3) is 7920. The molecule has 8 nitrogen and oxygen atoms in total. The van der Waals surface area contributed by atoms with E-state index in [0.717, 1.165) is 0 Å². The SMILES string of the molecule is O.O.O.O.[Cu].[NH2-].[NH2-].[NH2-].[NH2-]. The summed E-state index contributed by atoms with van der Waals surface area (Å²) >= 11 is 0. The smallest absolute Gasteiger partial charge is 0 e. The van der Waals surface area contributed by atoms with Crippen molar-refractivity contribution in [3.8, 4) is 0 Å². The van der Waals surface area contributed by atoms with Crippen LogP contribution in [-0.4, -0.2) is 21.9 Å². The molecule has 0 bridgehead atoms. The molecule has 0 rings (SSSR count). The van der Waals surface area contributed by atoms with E-state index in [1.54, 1.807) is 0 Å². The molecule has 0 atom stereocenters. The van der Waals surface area contributed by atoms with Crippen LogP contribution >= 0.6 is 0 Å². The summed E-state index contributed by atoms with van der Waals surface area (Å²) in [7, 11) is 0. The predicted molar refractivity (Wildman–Crippen MR) is 35.6 cm³/mol. The first-order valence-corrected chi connectivity index (χ1v) is 0. The average molecular weight is 200 g/mol. The van der Waals surface area contributed by atoms with Crippen LogP contribution in [0.1, 0.15) is 0 Å². The molecule has 0 unspecified atom stereocenters. The molecule has 0 saturated carbocycles. The summed E-state index contributed by atoms with van der Waals surface area (Å²) in [6.07, 6.45) is 0. The van der Waals surface area contributed by atoms with E-state index in [2.05, 4.69) is 0 Å². The van der Waals surface area contributed by atoms with Crippen molar-refractivity contribution in [2.24, 2.45) is 0 Å². The third-order valence-corrected chi connectivity index (χ3v) is 0. The second-order valence-electron chi connectivity index (χ2n) is 0. The van der Waals surface area contributed by atoms with Crippen molar-refractivity contribution in [3.63, 3.8) is 0 Å². The van der Waals surface area contributed by atoms with E-state index in [1.165, 1.54) is 0 Å². The summed E-state index contributed by atoms with van der Waals surface area (Å²) in [5.41, 5.74) is 0. The minimum atomic E-state index is 0. The van der Waals surface area contributed by atoms with Crippen LogP contribution in [0, 0.1) is 0 Å². The molecular weight excluding hydrogens is 184 g/mol. The third-order valence-electron chi connectivity index (χ3n) is 0. The minimum absolute atomic E-state index is 0. The van der Waals surface area contributed by atoms with Gasteiger partial charge in [-0.1, -0.05) is 0 Å². The second-order valence-corrected chi connectivity index (χ2v) is 0. The molecule has 75 valence electrons. The van der Waals surface area contributed by atoms with E-state index < -0.39 is 0 Å². The largest absolute Gasteiger partial charge is 0.693 e. The van der Waals surface area contributed by atoms with E-state index in [1.807, 2.05) is 0 Å². The van der Waals surface area contributed by atoms with Crippen LogP contribution in [0.25, 0.3) is 24.6 Å². The van der Waals surface area contributed by atoms with Crippen LogP contribution in [0.3, 0.4) is 0 Å². The van der Waals surface area contributed by atoms with Gasteiger partial charge in [-0.15, -0.1) is 0 Å². The van der Waals surface area contributed by atoms with Gasteiger partial charge in [0.25, 0.3) is 0 Å². The fourth-order valence-electron chi connectivity index (χ4n) is 0. The van der Waals surface area contributed by atoms with Crippen LogP contribution in [-0.2, 0) is 17.1 Å². The molecule has 9 heavy (non-hydrogen) atoms. The summed E-state index contributed by atoms with van der Waals surface area (Å²) in [5, 5.41) is 0. The number of nitrogens with two attached hydrogens (primary N) is 4. The van der Waals surface area contributed by atoms with Gasteiger partial charge in [-0.25, -0.2) is 0 Å². The van der Waals surface area contributed by atoms with Crippen molar-refractivity contribution in [3.05, 3.63) is 24.6 Å². The zero-order valence-corrected chi connectivity index (χ0v) is 5.55. The Morgan fingerprint density at radius 3 is 0.333 bits per heavy atom. The fourth-order valence-corrected chi connectivity index (χ4v) is 0. The van der Waals surface area contributed by atoms with Crippen LogP contribution in [0.5, 0.6) is 0 Å². The number of hydrogen-bond acceptors (Lipinski definition) is 0. The van der Waals surface area contributed by atoms with Crippen LogP contribution in [0.2, 0.25) is 0 Å². The molecule has 0 aromatic carbocycles. The Bertz CT molecular complexity index is 12.5. The average Bonchev–Trinajstić information content (AvgIpc) is 0. The standard InChI is InChI=1S/Cu.4H2N.4H2O/h;8*1H2/q;4*-1;;;;.